The summed E-state index contributed by atoms with van der Waals surface area (Å²) in [6, 6.07) is 30.8. The second kappa shape index (κ2) is 12.9. The zero-order valence-corrected chi connectivity index (χ0v) is 23.9. The number of rotatable bonds is 9. The first-order chi connectivity index (χ1) is 20.3. The van der Waals surface area contributed by atoms with E-state index in [1.807, 2.05) is 54.6 Å². The number of nitrogens with zero attached hydrogens (tertiary/aromatic N) is 4. The molecule has 0 aliphatic carbocycles. The second-order valence-electron chi connectivity index (χ2n) is 9.44. The van der Waals surface area contributed by atoms with Crippen molar-refractivity contribution in [2.24, 2.45) is 10.1 Å². The van der Waals surface area contributed by atoms with Crippen LogP contribution in [0.3, 0.4) is 0 Å². The fraction of sp³-hybridized carbons (Fsp3) is 0.152. The van der Waals surface area contributed by atoms with Gasteiger partial charge in [-0.25, -0.2) is 9.67 Å². The highest BCUT2D eigenvalue weighted by Gasteiger charge is 2.30. The highest BCUT2D eigenvalue weighted by molar-refractivity contribution is 7.07. The molecule has 5 rings (SSSR count). The highest BCUT2D eigenvalue weighted by Crippen LogP contribution is 2.32. The number of hydrogen-bond donors (Lipinski definition) is 0. The number of thiazole rings is 1. The molecule has 0 radical (unpaired) electrons. The van der Waals surface area contributed by atoms with E-state index in [2.05, 4.69) is 29.1 Å². The van der Waals surface area contributed by atoms with Gasteiger partial charge in [0.25, 0.3) is 0 Å². The molecule has 0 unspecified atom stereocenters. The Kier molecular flexibility index (Phi) is 8.88. The number of alkyl halides is 3. The van der Waals surface area contributed by atoms with Crippen LogP contribution in [0.4, 0.5) is 24.5 Å². The number of ether oxygens (including phenoxy) is 1. The highest BCUT2D eigenvalue weighted by atomic mass is 32.1. The summed E-state index contributed by atoms with van der Waals surface area (Å²) >= 11 is 1.30. The molecule has 0 fully saturated rings. The van der Waals surface area contributed by atoms with Gasteiger partial charge >= 0.3 is 6.18 Å². The van der Waals surface area contributed by atoms with Gasteiger partial charge in [0.15, 0.2) is 0 Å². The van der Waals surface area contributed by atoms with E-state index in [0.717, 1.165) is 36.5 Å². The van der Waals surface area contributed by atoms with Gasteiger partial charge in [-0.1, -0.05) is 54.6 Å². The van der Waals surface area contributed by atoms with Crippen LogP contribution in [0.1, 0.15) is 23.6 Å². The minimum atomic E-state index is -4.45. The maximum atomic E-state index is 13.5. The molecule has 5 aromatic rings. The molecule has 0 saturated carbocycles. The van der Waals surface area contributed by atoms with Crippen molar-refractivity contribution in [3.05, 3.63) is 130 Å². The third-order valence-electron chi connectivity index (χ3n) is 6.65. The van der Waals surface area contributed by atoms with E-state index >= 15 is 0 Å². The monoisotopic (exact) mass is 586 g/mol. The molecule has 0 amide bonds. The first kappa shape index (κ1) is 28.9. The number of aromatic nitrogens is 1. The summed E-state index contributed by atoms with van der Waals surface area (Å²) in [5.41, 5.74) is 4.01. The lowest BCUT2D eigenvalue weighted by atomic mass is 10.1. The summed E-state index contributed by atoms with van der Waals surface area (Å²) in [6.07, 6.45) is -2.76. The fourth-order valence-corrected chi connectivity index (χ4v) is 5.25. The molecular formula is C33H29F3N4OS. The molecular weight excluding hydrogens is 557 g/mol. The van der Waals surface area contributed by atoms with Gasteiger partial charge in [-0.05, 0) is 66.6 Å². The van der Waals surface area contributed by atoms with E-state index in [4.69, 9.17) is 9.73 Å². The minimum Gasteiger partial charge on any atom is -0.497 e. The maximum absolute atomic E-state index is 13.5. The Labute approximate surface area is 246 Å². The van der Waals surface area contributed by atoms with Crippen molar-refractivity contribution < 1.29 is 17.9 Å². The van der Waals surface area contributed by atoms with Crippen LogP contribution < -0.4 is 14.4 Å². The van der Waals surface area contributed by atoms with Crippen LogP contribution in [0.25, 0.3) is 11.3 Å². The average molecular weight is 587 g/mol. The molecule has 5 nitrogen and oxygen atoms in total. The van der Waals surface area contributed by atoms with E-state index < -0.39 is 11.7 Å². The second-order valence-corrected chi connectivity index (χ2v) is 10.3. The molecule has 1 aromatic heterocycles. The quantitative estimate of drug-likeness (QED) is 0.163. The number of benzene rings is 4. The van der Waals surface area contributed by atoms with Crippen molar-refractivity contribution >= 4 is 28.9 Å². The lowest BCUT2D eigenvalue weighted by molar-refractivity contribution is -0.137. The summed E-state index contributed by atoms with van der Waals surface area (Å²) in [5.74, 6) is 0.699. The van der Waals surface area contributed by atoms with E-state index in [1.54, 1.807) is 41.6 Å². The van der Waals surface area contributed by atoms with Gasteiger partial charge in [-0.15, -0.1) is 11.3 Å². The van der Waals surface area contributed by atoms with Gasteiger partial charge in [-0.3, -0.25) is 0 Å². The molecule has 4 aromatic carbocycles. The summed E-state index contributed by atoms with van der Waals surface area (Å²) in [7, 11) is 1.59. The molecule has 0 spiro atoms. The van der Waals surface area contributed by atoms with Crippen LogP contribution in [0.5, 0.6) is 5.75 Å². The SMILES string of the molecule is CCN(Cc1ccccc1)c1ccc(/C=N/n2c(-c3cccc(C(F)(F)F)c3)csc2=Nc2ccc(OC)cc2)cc1. The number of methoxy groups -OCH3 is 1. The van der Waals surface area contributed by atoms with Crippen molar-refractivity contribution in [3.8, 4) is 17.0 Å². The Morgan fingerprint density at radius 2 is 1.64 bits per heavy atom. The van der Waals surface area contributed by atoms with Crippen LogP contribution in [0.15, 0.2) is 119 Å². The summed E-state index contributed by atoms with van der Waals surface area (Å²) in [6.45, 7) is 3.77. The molecule has 0 N–H and O–H groups in total. The van der Waals surface area contributed by atoms with E-state index in [-0.39, 0.29) is 0 Å². The minimum absolute atomic E-state index is 0.393. The largest absolute Gasteiger partial charge is 0.497 e. The lowest BCUT2D eigenvalue weighted by Gasteiger charge is -2.23. The predicted molar refractivity (Wildman–Crippen MR) is 164 cm³/mol. The third kappa shape index (κ3) is 6.98. The molecule has 0 aliphatic heterocycles. The van der Waals surface area contributed by atoms with E-state index in [0.29, 0.717) is 27.5 Å². The van der Waals surface area contributed by atoms with Crippen molar-refractivity contribution in [1.29, 1.82) is 0 Å². The molecule has 0 atom stereocenters. The topological polar surface area (TPSA) is 42.1 Å². The molecule has 0 saturated heterocycles. The van der Waals surface area contributed by atoms with Crippen molar-refractivity contribution in [3.63, 3.8) is 0 Å². The van der Waals surface area contributed by atoms with Gasteiger partial charge in [0.2, 0.25) is 4.80 Å². The zero-order chi connectivity index (χ0) is 29.5. The van der Waals surface area contributed by atoms with Crippen LogP contribution >= 0.6 is 11.3 Å². The van der Waals surface area contributed by atoms with Gasteiger partial charge < -0.3 is 9.64 Å². The van der Waals surface area contributed by atoms with Gasteiger partial charge in [0.05, 0.1) is 30.3 Å². The lowest BCUT2D eigenvalue weighted by Crippen LogP contribution is -2.21. The van der Waals surface area contributed by atoms with Gasteiger partial charge in [-0.2, -0.15) is 18.3 Å². The fourth-order valence-electron chi connectivity index (χ4n) is 4.39. The third-order valence-corrected chi connectivity index (χ3v) is 7.46. The van der Waals surface area contributed by atoms with Crippen LogP contribution in [0.2, 0.25) is 0 Å². The number of halogens is 3. The molecule has 1 heterocycles. The van der Waals surface area contributed by atoms with Crippen LogP contribution in [0, 0.1) is 0 Å². The van der Waals surface area contributed by atoms with Gasteiger partial charge in [0.1, 0.15) is 5.75 Å². The van der Waals surface area contributed by atoms with E-state index in [9.17, 15) is 13.2 Å². The molecule has 42 heavy (non-hydrogen) atoms. The smallest absolute Gasteiger partial charge is 0.416 e. The first-order valence-electron chi connectivity index (χ1n) is 13.3. The number of anilines is 1. The zero-order valence-electron chi connectivity index (χ0n) is 23.1. The Hall–Kier alpha value is -4.63. The van der Waals surface area contributed by atoms with Crippen LogP contribution in [-0.2, 0) is 12.7 Å². The summed E-state index contributed by atoms with van der Waals surface area (Å²) in [5, 5.41) is 6.45. The maximum Gasteiger partial charge on any atom is 0.416 e. The first-order valence-corrected chi connectivity index (χ1v) is 14.2. The van der Waals surface area contributed by atoms with Crippen molar-refractivity contribution in [1.82, 2.24) is 4.68 Å². The van der Waals surface area contributed by atoms with Gasteiger partial charge in [0, 0.05) is 29.7 Å². The summed E-state index contributed by atoms with van der Waals surface area (Å²) in [4.78, 5) is 7.51. The predicted octanol–water partition coefficient (Wildman–Crippen LogP) is 8.39. The Balaban J connectivity index is 1.49. The molecule has 0 bridgehead atoms. The normalized spacial score (nSPS) is 12.2. The van der Waals surface area contributed by atoms with E-state index in [1.165, 1.54) is 23.0 Å². The van der Waals surface area contributed by atoms with Crippen molar-refractivity contribution in [2.45, 2.75) is 19.6 Å². The Morgan fingerprint density at radius 1 is 0.905 bits per heavy atom. The van der Waals surface area contributed by atoms with Crippen molar-refractivity contribution in [2.75, 3.05) is 18.6 Å². The Bertz CT molecular complexity index is 1710. The number of hydrogen-bond acceptors (Lipinski definition) is 5. The average Bonchev–Trinajstić information content (AvgIpc) is 3.41. The molecule has 0 aliphatic rings. The summed E-state index contributed by atoms with van der Waals surface area (Å²) < 4.78 is 47.2. The molecule has 214 valence electrons. The standard InChI is InChI=1S/C33H29F3N4OS/c1-3-39(22-25-8-5-4-6-9-25)29-16-12-24(13-17-29)21-37-40-31(26-10-7-11-27(20-26)33(34,35)36)23-42-32(40)38-28-14-18-30(41-2)19-15-28/h4-21,23H,3,22H2,1-2H3/b37-21+,38-32?. The van der Waals surface area contributed by atoms with Crippen LogP contribution in [-0.4, -0.2) is 24.5 Å². The Morgan fingerprint density at radius 3 is 2.31 bits per heavy atom. The molecule has 9 heteroatoms.